The molecule has 2 heteroatoms. The van der Waals surface area contributed by atoms with E-state index in [0.29, 0.717) is 0 Å². The Morgan fingerprint density at radius 3 is 2.03 bits per heavy atom. The van der Waals surface area contributed by atoms with Crippen molar-refractivity contribution < 1.29 is 0 Å². The minimum absolute atomic E-state index is 1.10. The molecule has 1 N–H and O–H groups in total. The lowest BCUT2D eigenvalue weighted by Crippen LogP contribution is -1.90. The first-order chi connectivity index (χ1) is 14.8. The van der Waals surface area contributed by atoms with Crippen LogP contribution in [-0.2, 0) is 0 Å². The lowest BCUT2D eigenvalue weighted by Gasteiger charge is -2.10. The first-order valence-corrected chi connectivity index (χ1v) is 10.9. The molecule has 1 heterocycles. The predicted molar refractivity (Wildman–Crippen MR) is 132 cm³/mol. The average Bonchev–Trinajstić information content (AvgIpc) is 3.17. The minimum atomic E-state index is 1.10. The molecule has 6 aromatic rings. The van der Waals surface area contributed by atoms with Gasteiger partial charge in [0, 0.05) is 31.5 Å². The van der Waals surface area contributed by atoms with Crippen molar-refractivity contribution in [2.24, 2.45) is 0 Å². The molecule has 0 saturated heterocycles. The number of benzene rings is 5. The van der Waals surface area contributed by atoms with E-state index in [4.69, 9.17) is 0 Å². The van der Waals surface area contributed by atoms with Crippen molar-refractivity contribution in [2.75, 3.05) is 5.32 Å². The van der Waals surface area contributed by atoms with Crippen molar-refractivity contribution in [3.63, 3.8) is 0 Å². The van der Waals surface area contributed by atoms with Crippen LogP contribution >= 0.6 is 11.3 Å². The average molecular weight is 402 g/mol. The van der Waals surface area contributed by atoms with Gasteiger partial charge in [0.1, 0.15) is 0 Å². The standard InChI is InChI=1S/C28H19NS/c1-2-7-19(8-3-1)20-13-15-23(16-14-20)29-25-11-6-12-26-28(25)24-17-21-9-4-5-10-22(21)18-27(24)30-26/h1-18,29H. The third-order valence-electron chi connectivity index (χ3n) is 5.63. The molecule has 0 amide bonds. The summed E-state index contributed by atoms with van der Waals surface area (Å²) in [7, 11) is 0. The van der Waals surface area contributed by atoms with Gasteiger partial charge in [-0.1, -0.05) is 72.8 Å². The van der Waals surface area contributed by atoms with E-state index in [1.165, 1.54) is 42.1 Å². The summed E-state index contributed by atoms with van der Waals surface area (Å²) in [5, 5.41) is 8.86. The minimum Gasteiger partial charge on any atom is -0.355 e. The Morgan fingerprint density at radius 1 is 0.533 bits per heavy atom. The van der Waals surface area contributed by atoms with Gasteiger partial charge in [0.2, 0.25) is 0 Å². The lowest BCUT2D eigenvalue weighted by molar-refractivity contribution is 1.57. The number of anilines is 2. The van der Waals surface area contributed by atoms with Crippen LogP contribution < -0.4 is 5.32 Å². The molecule has 142 valence electrons. The van der Waals surface area contributed by atoms with Crippen molar-refractivity contribution in [2.45, 2.75) is 0 Å². The number of hydrogen-bond acceptors (Lipinski definition) is 2. The highest BCUT2D eigenvalue weighted by molar-refractivity contribution is 7.26. The van der Waals surface area contributed by atoms with Gasteiger partial charge in [-0.15, -0.1) is 11.3 Å². The maximum atomic E-state index is 3.66. The summed E-state index contributed by atoms with van der Waals surface area (Å²) in [5.74, 6) is 0. The second-order valence-electron chi connectivity index (χ2n) is 7.54. The van der Waals surface area contributed by atoms with Gasteiger partial charge < -0.3 is 5.32 Å². The molecule has 0 saturated carbocycles. The molecule has 30 heavy (non-hydrogen) atoms. The number of fused-ring (bicyclic) bond motifs is 4. The molecule has 0 unspecified atom stereocenters. The van der Waals surface area contributed by atoms with Gasteiger partial charge in [0.25, 0.3) is 0 Å². The zero-order chi connectivity index (χ0) is 19.9. The Hall–Kier alpha value is -3.62. The maximum Gasteiger partial charge on any atom is 0.0478 e. The topological polar surface area (TPSA) is 12.0 Å². The first-order valence-electron chi connectivity index (χ1n) is 10.1. The highest BCUT2D eigenvalue weighted by Gasteiger charge is 2.11. The maximum absolute atomic E-state index is 3.66. The molecule has 0 radical (unpaired) electrons. The van der Waals surface area contributed by atoms with Gasteiger partial charge in [-0.05, 0) is 58.3 Å². The van der Waals surface area contributed by atoms with Crippen LogP contribution in [0.15, 0.2) is 109 Å². The molecule has 5 aromatic carbocycles. The first kappa shape index (κ1) is 17.3. The van der Waals surface area contributed by atoms with Gasteiger partial charge >= 0.3 is 0 Å². The van der Waals surface area contributed by atoms with Crippen molar-refractivity contribution in [3.8, 4) is 11.1 Å². The van der Waals surface area contributed by atoms with Crippen LogP contribution in [-0.4, -0.2) is 0 Å². The van der Waals surface area contributed by atoms with Crippen LogP contribution in [0.25, 0.3) is 42.1 Å². The summed E-state index contributed by atoms with van der Waals surface area (Å²) in [4.78, 5) is 0. The van der Waals surface area contributed by atoms with Gasteiger partial charge in [-0.25, -0.2) is 0 Å². The summed E-state index contributed by atoms with van der Waals surface area (Å²) in [6, 6.07) is 38.9. The highest BCUT2D eigenvalue weighted by Crippen LogP contribution is 2.41. The molecule has 1 aromatic heterocycles. The van der Waals surface area contributed by atoms with Crippen molar-refractivity contribution in [1.82, 2.24) is 0 Å². The van der Waals surface area contributed by atoms with E-state index in [-0.39, 0.29) is 0 Å². The number of rotatable bonds is 3. The molecule has 6 rings (SSSR count). The fraction of sp³-hybridized carbons (Fsp3) is 0. The highest BCUT2D eigenvalue weighted by atomic mass is 32.1. The summed E-state index contributed by atoms with van der Waals surface area (Å²) in [6.07, 6.45) is 0. The summed E-state index contributed by atoms with van der Waals surface area (Å²) in [6.45, 7) is 0. The molecule has 0 atom stereocenters. The molecular formula is C28H19NS. The summed E-state index contributed by atoms with van der Waals surface area (Å²) < 4.78 is 2.64. The fourth-order valence-corrected chi connectivity index (χ4v) is 5.31. The fourth-order valence-electron chi connectivity index (χ4n) is 4.15. The van der Waals surface area contributed by atoms with Crippen LogP contribution in [0.4, 0.5) is 11.4 Å². The van der Waals surface area contributed by atoms with E-state index in [9.17, 15) is 0 Å². The zero-order valence-electron chi connectivity index (χ0n) is 16.3. The second kappa shape index (κ2) is 7.01. The number of thiophene rings is 1. The third kappa shape index (κ3) is 2.94. The summed E-state index contributed by atoms with van der Waals surface area (Å²) >= 11 is 1.86. The molecule has 0 bridgehead atoms. The smallest absolute Gasteiger partial charge is 0.0478 e. The van der Waals surface area contributed by atoms with E-state index >= 15 is 0 Å². The Labute approximate surface area is 179 Å². The SMILES string of the molecule is c1ccc(-c2ccc(Nc3cccc4sc5cc6ccccc6cc5c34)cc2)cc1. The number of nitrogens with one attached hydrogen (secondary N) is 1. The van der Waals surface area contributed by atoms with E-state index < -0.39 is 0 Å². The molecule has 0 aliphatic carbocycles. The Kier molecular flexibility index (Phi) is 4.03. The van der Waals surface area contributed by atoms with E-state index in [2.05, 4.69) is 115 Å². The largest absolute Gasteiger partial charge is 0.355 e. The van der Waals surface area contributed by atoms with Crippen LogP contribution in [0.5, 0.6) is 0 Å². The van der Waals surface area contributed by atoms with Crippen molar-refractivity contribution >= 4 is 53.7 Å². The van der Waals surface area contributed by atoms with E-state index in [1.54, 1.807) is 0 Å². The molecular weight excluding hydrogens is 382 g/mol. The van der Waals surface area contributed by atoms with E-state index in [1.807, 2.05) is 11.3 Å². The van der Waals surface area contributed by atoms with Gasteiger partial charge in [-0.2, -0.15) is 0 Å². The Bertz CT molecular complexity index is 1490. The normalized spacial score (nSPS) is 11.3. The quantitative estimate of drug-likeness (QED) is 0.313. The zero-order valence-corrected chi connectivity index (χ0v) is 17.1. The summed E-state index contributed by atoms with van der Waals surface area (Å²) in [5.41, 5.74) is 4.72. The third-order valence-corrected chi connectivity index (χ3v) is 6.75. The predicted octanol–water partition coefficient (Wildman–Crippen LogP) is 8.62. The van der Waals surface area contributed by atoms with Crippen LogP contribution in [0, 0.1) is 0 Å². The van der Waals surface area contributed by atoms with E-state index in [0.717, 1.165) is 11.4 Å². The van der Waals surface area contributed by atoms with Gasteiger partial charge in [0.05, 0.1) is 0 Å². The Morgan fingerprint density at radius 2 is 1.23 bits per heavy atom. The van der Waals surface area contributed by atoms with Crippen LogP contribution in [0.3, 0.4) is 0 Å². The molecule has 0 aliphatic rings. The lowest BCUT2D eigenvalue weighted by atomic mass is 10.0. The Balaban J connectivity index is 1.44. The number of hydrogen-bond donors (Lipinski definition) is 1. The van der Waals surface area contributed by atoms with Crippen LogP contribution in [0.2, 0.25) is 0 Å². The van der Waals surface area contributed by atoms with Crippen molar-refractivity contribution in [3.05, 3.63) is 109 Å². The van der Waals surface area contributed by atoms with Gasteiger partial charge in [-0.3, -0.25) is 0 Å². The second-order valence-corrected chi connectivity index (χ2v) is 8.63. The molecule has 0 aliphatic heterocycles. The van der Waals surface area contributed by atoms with Gasteiger partial charge in [0.15, 0.2) is 0 Å². The monoisotopic (exact) mass is 401 g/mol. The van der Waals surface area contributed by atoms with Crippen LogP contribution in [0.1, 0.15) is 0 Å². The molecule has 1 nitrogen and oxygen atoms in total. The molecule has 0 fully saturated rings. The molecule has 0 spiro atoms. The van der Waals surface area contributed by atoms with Crippen molar-refractivity contribution in [1.29, 1.82) is 0 Å².